The largest absolute Gasteiger partial charge is 0.315 e. The zero-order valence-corrected chi connectivity index (χ0v) is 9.67. The molecule has 0 aliphatic heterocycles. The second-order valence-corrected chi connectivity index (χ2v) is 5.02. The number of fused-ring (bicyclic) bond motifs is 1. The van der Waals surface area contributed by atoms with E-state index in [2.05, 4.69) is 20.8 Å². The first kappa shape index (κ1) is 11.1. The second-order valence-electron chi connectivity index (χ2n) is 5.02. The minimum atomic E-state index is -2.44. The van der Waals surface area contributed by atoms with Crippen molar-refractivity contribution in [1.82, 2.24) is 4.40 Å². The van der Waals surface area contributed by atoms with Crippen LogP contribution < -0.4 is 0 Å². The highest BCUT2D eigenvalue weighted by molar-refractivity contribution is 5.53. The molecule has 0 bridgehead atoms. The SMILES string of the molecule is CC(C)(C)c1cc2cccc(C(F)F)n2c1. The van der Waals surface area contributed by atoms with E-state index in [1.807, 2.05) is 12.1 Å². The van der Waals surface area contributed by atoms with Gasteiger partial charge in [0.05, 0.1) is 5.69 Å². The molecule has 3 heteroatoms. The number of rotatable bonds is 1. The quantitative estimate of drug-likeness (QED) is 0.683. The molecule has 2 rings (SSSR count). The predicted molar refractivity (Wildman–Crippen MR) is 61.1 cm³/mol. The summed E-state index contributed by atoms with van der Waals surface area (Å²) < 4.78 is 27.1. The van der Waals surface area contributed by atoms with Gasteiger partial charge in [-0.3, -0.25) is 0 Å². The molecule has 16 heavy (non-hydrogen) atoms. The molecule has 0 spiro atoms. The Morgan fingerprint density at radius 2 is 1.88 bits per heavy atom. The standard InChI is InChI=1S/C13H15F2N/c1-13(2,3)9-7-10-5-4-6-11(12(14)15)16(10)8-9/h4-8,12H,1-3H3. The average Bonchev–Trinajstić information content (AvgIpc) is 2.59. The molecule has 0 saturated heterocycles. The van der Waals surface area contributed by atoms with Crippen LogP contribution in [0.1, 0.15) is 38.5 Å². The van der Waals surface area contributed by atoms with E-state index >= 15 is 0 Å². The number of aromatic nitrogens is 1. The molecule has 0 saturated carbocycles. The van der Waals surface area contributed by atoms with Crippen LogP contribution in [0.15, 0.2) is 30.5 Å². The molecule has 2 aromatic rings. The maximum absolute atomic E-state index is 12.8. The molecular weight excluding hydrogens is 208 g/mol. The van der Waals surface area contributed by atoms with Gasteiger partial charge in [0.2, 0.25) is 0 Å². The van der Waals surface area contributed by atoms with Crippen LogP contribution in [0.2, 0.25) is 0 Å². The smallest absolute Gasteiger partial charge is 0.278 e. The lowest BCUT2D eigenvalue weighted by Gasteiger charge is -2.15. The Kier molecular flexibility index (Phi) is 2.49. The summed E-state index contributed by atoms with van der Waals surface area (Å²) in [5, 5.41) is 0. The van der Waals surface area contributed by atoms with Gasteiger partial charge < -0.3 is 4.40 Å². The molecule has 0 atom stereocenters. The molecule has 0 aromatic carbocycles. The van der Waals surface area contributed by atoms with Crippen molar-refractivity contribution in [2.75, 3.05) is 0 Å². The average molecular weight is 223 g/mol. The van der Waals surface area contributed by atoms with E-state index in [1.54, 1.807) is 16.7 Å². The van der Waals surface area contributed by atoms with Gasteiger partial charge in [-0.15, -0.1) is 0 Å². The van der Waals surface area contributed by atoms with Crippen molar-refractivity contribution in [2.45, 2.75) is 32.6 Å². The highest BCUT2D eigenvalue weighted by Gasteiger charge is 2.18. The zero-order valence-electron chi connectivity index (χ0n) is 9.67. The van der Waals surface area contributed by atoms with Crippen LogP contribution >= 0.6 is 0 Å². The fraction of sp³-hybridized carbons (Fsp3) is 0.385. The summed E-state index contributed by atoms with van der Waals surface area (Å²) in [6, 6.07) is 6.94. The highest BCUT2D eigenvalue weighted by atomic mass is 19.3. The molecule has 0 fully saturated rings. The van der Waals surface area contributed by atoms with Crippen LogP contribution in [0, 0.1) is 0 Å². The molecule has 0 aliphatic rings. The van der Waals surface area contributed by atoms with Crippen molar-refractivity contribution >= 4 is 5.52 Å². The maximum Gasteiger partial charge on any atom is 0.278 e. The molecule has 86 valence electrons. The Labute approximate surface area is 93.7 Å². The third kappa shape index (κ3) is 1.82. The van der Waals surface area contributed by atoms with E-state index in [4.69, 9.17) is 0 Å². The number of hydrogen-bond acceptors (Lipinski definition) is 0. The van der Waals surface area contributed by atoms with E-state index in [0.29, 0.717) is 0 Å². The van der Waals surface area contributed by atoms with Crippen LogP contribution in [-0.4, -0.2) is 4.40 Å². The minimum Gasteiger partial charge on any atom is -0.315 e. The summed E-state index contributed by atoms with van der Waals surface area (Å²) >= 11 is 0. The van der Waals surface area contributed by atoms with Gasteiger partial charge >= 0.3 is 0 Å². The number of halogens is 2. The van der Waals surface area contributed by atoms with Gasteiger partial charge in [0.1, 0.15) is 0 Å². The van der Waals surface area contributed by atoms with E-state index in [-0.39, 0.29) is 11.1 Å². The normalized spacial score (nSPS) is 12.6. The Bertz CT molecular complexity index is 506. The van der Waals surface area contributed by atoms with Crippen molar-refractivity contribution in [3.8, 4) is 0 Å². The van der Waals surface area contributed by atoms with Crippen LogP contribution in [0.4, 0.5) is 8.78 Å². The number of pyridine rings is 1. The van der Waals surface area contributed by atoms with Gasteiger partial charge in [0.25, 0.3) is 6.43 Å². The summed E-state index contributed by atoms with van der Waals surface area (Å²) in [5.41, 5.74) is 1.92. The van der Waals surface area contributed by atoms with Gasteiger partial charge in [-0.2, -0.15) is 0 Å². The van der Waals surface area contributed by atoms with E-state index in [1.165, 1.54) is 6.07 Å². The third-order valence-electron chi connectivity index (χ3n) is 2.75. The van der Waals surface area contributed by atoms with E-state index < -0.39 is 6.43 Å². The van der Waals surface area contributed by atoms with Crippen molar-refractivity contribution < 1.29 is 8.78 Å². The van der Waals surface area contributed by atoms with Crippen molar-refractivity contribution in [1.29, 1.82) is 0 Å². The van der Waals surface area contributed by atoms with Crippen LogP contribution in [0.5, 0.6) is 0 Å². The molecule has 1 nitrogen and oxygen atoms in total. The maximum atomic E-state index is 12.8. The summed E-state index contributed by atoms with van der Waals surface area (Å²) in [6.45, 7) is 6.22. The number of nitrogens with zero attached hydrogens (tertiary/aromatic N) is 1. The topological polar surface area (TPSA) is 4.41 Å². The molecule has 0 unspecified atom stereocenters. The van der Waals surface area contributed by atoms with E-state index in [9.17, 15) is 8.78 Å². The van der Waals surface area contributed by atoms with Crippen LogP contribution in [-0.2, 0) is 5.41 Å². The minimum absolute atomic E-state index is 0.0224. The van der Waals surface area contributed by atoms with Crippen molar-refractivity contribution in [3.63, 3.8) is 0 Å². The monoisotopic (exact) mass is 223 g/mol. The Hall–Kier alpha value is -1.38. The molecule has 0 amide bonds. The molecule has 0 radical (unpaired) electrons. The lowest BCUT2D eigenvalue weighted by Crippen LogP contribution is -2.09. The summed E-state index contributed by atoms with van der Waals surface area (Å²) in [7, 11) is 0. The van der Waals surface area contributed by atoms with Crippen LogP contribution in [0.3, 0.4) is 0 Å². The van der Waals surface area contributed by atoms with Gasteiger partial charge in [-0.25, -0.2) is 8.78 Å². The molecule has 0 aliphatic carbocycles. The van der Waals surface area contributed by atoms with Gasteiger partial charge in [-0.05, 0) is 29.2 Å². The lowest BCUT2D eigenvalue weighted by atomic mass is 9.89. The van der Waals surface area contributed by atoms with E-state index in [0.717, 1.165) is 11.1 Å². The molecule has 2 aromatic heterocycles. The fourth-order valence-electron chi connectivity index (χ4n) is 1.75. The Morgan fingerprint density at radius 1 is 1.19 bits per heavy atom. The van der Waals surface area contributed by atoms with Crippen LogP contribution in [0.25, 0.3) is 5.52 Å². The Balaban J connectivity index is 2.66. The number of hydrogen-bond donors (Lipinski definition) is 0. The summed E-state index contributed by atoms with van der Waals surface area (Å²) in [6.07, 6.45) is -0.638. The first-order chi connectivity index (χ1) is 7.39. The van der Waals surface area contributed by atoms with Gasteiger partial charge in [0.15, 0.2) is 0 Å². The Morgan fingerprint density at radius 3 is 2.44 bits per heavy atom. The lowest BCUT2D eigenvalue weighted by molar-refractivity contribution is 0.144. The predicted octanol–water partition coefficient (Wildman–Crippen LogP) is 4.17. The second kappa shape index (κ2) is 3.58. The summed E-state index contributed by atoms with van der Waals surface area (Å²) in [5.74, 6) is 0. The van der Waals surface area contributed by atoms with Gasteiger partial charge in [0, 0.05) is 11.7 Å². The van der Waals surface area contributed by atoms with Crippen molar-refractivity contribution in [2.24, 2.45) is 0 Å². The highest BCUT2D eigenvalue weighted by Crippen LogP contribution is 2.27. The zero-order chi connectivity index (χ0) is 11.9. The molecular formula is C13H15F2N. The number of alkyl halides is 2. The summed E-state index contributed by atoms with van der Waals surface area (Å²) in [4.78, 5) is 0. The molecule has 0 N–H and O–H groups in total. The first-order valence-corrected chi connectivity index (χ1v) is 5.29. The third-order valence-corrected chi connectivity index (χ3v) is 2.75. The van der Waals surface area contributed by atoms with Gasteiger partial charge in [-0.1, -0.05) is 26.8 Å². The molecule has 2 heterocycles. The van der Waals surface area contributed by atoms with Crippen molar-refractivity contribution in [3.05, 3.63) is 41.7 Å². The first-order valence-electron chi connectivity index (χ1n) is 5.29. The fourth-order valence-corrected chi connectivity index (χ4v) is 1.75.